The van der Waals surface area contributed by atoms with E-state index in [9.17, 15) is 4.79 Å². The maximum Gasteiger partial charge on any atom is 0.236 e. The molecular formula is C6H14ClN3O. The summed E-state index contributed by atoms with van der Waals surface area (Å²) in [5, 5.41) is 3.10. The monoisotopic (exact) mass is 179 g/mol. The number of rotatable bonds is 1. The lowest BCUT2D eigenvalue weighted by Crippen LogP contribution is -2.55. The molecule has 0 aliphatic carbocycles. The number of nitrogens with two attached hydrogens (primary N) is 1. The van der Waals surface area contributed by atoms with Gasteiger partial charge in [-0.25, -0.2) is 0 Å². The number of primary amides is 1. The van der Waals surface area contributed by atoms with Crippen molar-refractivity contribution in [1.29, 1.82) is 0 Å². The third-order valence-corrected chi connectivity index (χ3v) is 1.84. The number of nitrogens with zero attached hydrogens (tertiary/aromatic N) is 1. The van der Waals surface area contributed by atoms with Crippen LogP contribution in [0.15, 0.2) is 0 Å². The smallest absolute Gasteiger partial charge is 0.236 e. The van der Waals surface area contributed by atoms with Gasteiger partial charge in [-0.2, -0.15) is 0 Å². The molecule has 0 spiro atoms. The summed E-state index contributed by atoms with van der Waals surface area (Å²) in [5.74, 6) is -0.241. The van der Waals surface area contributed by atoms with Crippen LogP contribution in [0.3, 0.4) is 0 Å². The molecule has 0 aromatic carbocycles. The number of carbonyl (C=O) groups excluding carboxylic acids is 1. The second-order valence-corrected chi connectivity index (χ2v) is 2.60. The summed E-state index contributed by atoms with van der Waals surface area (Å²) in [4.78, 5) is 12.7. The number of nitrogens with one attached hydrogen (secondary N) is 1. The molecule has 11 heavy (non-hydrogen) atoms. The molecule has 0 saturated carbocycles. The highest BCUT2D eigenvalue weighted by Gasteiger charge is 2.22. The first-order valence-electron chi connectivity index (χ1n) is 3.42. The highest BCUT2D eigenvalue weighted by atomic mass is 35.5. The Kier molecular flexibility index (Phi) is 4.40. The normalized spacial score (nSPS) is 25.7. The Balaban J connectivity index is 0.000001000. The molecule has 0 bridgehead atoms. The van der Waals surface area contributed by atoms with Crippen LogP contribution in [0.25, 0.3) is 0 Å². The van der Waals surface area contributed by atoms with Crippen LogP contribution in [0.4, 0.5) is 0 Å². The highest BCUT2D eigenvalue weighted by Crippen LogP contribution is 1.97. The number of hydrogen-bond acceptors (Lipinski definition) is 3. The molecule has 4 nitrogen and oxygen atoms in total. The fraction of sp³-hybridized carbons (Fsp3) is 0.833. The molecule has 1 unspecified atom stereocenters. The molecule has 0 aromatic rings. The number of piperazine rings is 1. The van der Waals surface area contributed by atoms with Crippen LogP contribution in [0, 0.1) is 0 Å². The van der Waals surface area contributed by atoms with Gasteiger partial charge < -0.3 is 11.1 Å². The van der Waals surface area contributed by atoms with Crippen LogP contribution in [-0.4, -0.2) is 43.5 Å². The van der Waals surface area contributed by atoms with Crippen LogP contribution in [0.5, 0.6) is 0 Å². The van der Waals surface area contributed by atoms with Gasteiger partial charge in [-0.3, -0.25) is 9.69 Å². The summed E-state index contributed by atoms with van der Waals surface area (Å²) in [6.45, 7) is 2.53. The molecule has 1 aliphatic rings. The Bertz CT molecular complexity index is 142. The van der Waals surface area contributed by atoms with Gasteiger partial charge in [0.05, 0.1) is 0 Å². The molecule has 1 saturated heterocycles. The molecule has 1 amide bonds. The maximum absolute atomic E-state index is 10.7. The molecule has 0 radical (unpaired) electrons. The number of carbonyl (C=O) groups is 1. The van der Waals surface area contributed by atoms with Gasteiger partial charge >= 0.3 is 0 Å². The fourth-order valence-electron chi connectivity index (χ4n) is 1.12. The second kappa shape index (κ2) is 4.54. The first kappa shape index (κ1) is 10.7. The molecule has 66 valence electrons. The summed E-state index contributed by atoms with van der Waals surface area (Å²) >= 11 is 0. The number of halogens is 1. The van der Waals surface area contributed by atoms with Crippen molar-refractivity contribution in [3.05, 3.63) is 0 Å². The average Bonchev–Trinajstić information content (AvgIpc) is 1.88. The Morgan fingerprint density at radius 3 is 2.73 bits per heavy atom. The summed E-state index contributed by atoms with van der Waals surface area (Å²) in [6, 6.07) is -0.117. The summed E-state index contributed by atoms with van der Waals surface area (Å²) in [7, 11) is 1.91. The molecule has 1 fully saturated rings. The quantitative estimate of drug-likeness (QED) is 0.532. The Hall–Kier alpha value is -0.320. The van der Waals surface area contributed by atoms with Gasteiger partial charge in [-0.1, -0.05) is 0 Å². The van der Waals surface area contributed by atoms with Gasteiger partial charge in [0, 0.05) is 19.6 Å². The van der Waals surface area contributed by atoms with Crippen molar-refractivity contribution in [3.8, 4) is 0 Å². The molecule has 3 N–H and O–H groups in total. The zero-order valence-corrected chi connectivity index (χ0v) is 7.36. The van der Waals surface area contributed by atoms with Crippen molar-refractivity contribution in [2.24, 2.45) is 5.73 Å². The predicted octanol–water partition coefficient (Wildman–Crippen LogP) is -1.20. The first-order chi connectivity index (χ1) is 4.72. The fourth-order valence-corrected chi connectivity index (χ4v) is 1.12. The molecule has 1 aliphatic heterocycles. The molecule has 1 atom stereocenters. The Morgan fingerprint density at radius 2 is 2.36 bits per heavy atom. The van der Waals surface area contributed by atoms with Crippen molar-refractivity contribution < 1.29 is 4.79 Å². The second-order valence-electron chi connectivity index (χ2n) is 2.60. The van der Waals surface area contributed by atoms with Crippen LogP contribution in [0.2, 0.25) is 0 Å². The lowest BCUT2D eigenvalue weighted by molar-refractivity contribution is -0.123. The van der Waals surface area contributed by atoms with E-state index in [1.54, 1.807) is 0 Å². The number of amides is 1. The van der Waals surface area contributed by atoms with Gasteiger partial charge in [0.2, 0.25) is 5.91 Å². The molecule has 5 heteroatoms. The molecule has 1 heterocycles. The van der Waals surface area contributed by atoms with Gasteiger partial charge in [0.15, 0.2) is 0 Å². The Labute approximate surface area is 72.5 Å². The minimum Gasteiger partial charge on any atom is -0.368 e. The van der Waals surface area contributed by atoms with Gasteiger partial charge in [0.1, 0.15) is 6.04 Å². The van der Waals surface area contributed by atoms with Gasteiger partial charge in [0.25, 0.3) is 0 Å². The first-order valence-corrected chi connectivity index (χ1v) is 3.42. The number of likely N-dealkylation sites (N-methyl/N-ethyl adjacent to an activating group) is 1. The third-order valence-electron chi connectivity index (χ3n) is 1.84. The largest absolute Gasteiger partial charge is 0.368 e. The van der Waals surface area contributed by atoms with E-state index >= 15 is 0 Å². The van der Waals surface area contributed by atoms with E-state index in [0.717, 1.165) is 13.1 Å². The van der Waals surface area contributed by atoms with Crippen LogP contribution in [-0.2, 0) is 4.79 Å². The zero-order valence-electron chi connectivity index (χ0n) is 6.54. The minimum absolute atomic E-state index is 0. The standard InChI is InChI=1S/C6H13N3O.ClH/c1-9-3-2-8-4-5(9)6(7)10;/h5,8H,2-4H2,1H3,(H2,7,10);1H. The van der Waals surface area contributed by atoms with Crippen molar-refractivity contribution in [1.82, 2.24) is 10.2 Å². The molecule has 1 rings (SSSR count). The zero-order chi connectivity index (χ0) is 7.56. The Morgan fingerprint density at radius 1 is 1.73 bits per heavy atom. The van der Waals surface area contributed by atoms with Crippen molar-refractivity contribution in [3.63, 3.8) is 0 Å². The number of hydrogen-bond donors (Lipinski definition) is 2. The van der Waals surface area contributed by atoms with Gasteiger partial charge in [-0.05, 0) is 7.05 Å². The molecule has 0 aromatic heterocycles. The summed E-state index contributed by atoms with van der Waals surface area (Å²) in [5.41, 5.74) is 5.14. The van der Waals surface area contributed by atoms with E-state index < -0.39 is 0 Å². The van der Waals surface area contributed by atoms with E-state index in [-0.39, 0.29) is 24.4 Å². The summed E-state index contributed by atoms with van der Waals surface area (Å²) in [6.07, 6.45) is 0. The third kappa shape index (κ3) is 2.65. The van der Waals surface area contributed by atoms with Crippen molar-refractivity contribution >= 4 is 18.3 Å². The lowest BCUT2D eigenvalue weighted by atomic mass is 10.2. The van der Waals surface area contributed by atoms with Crippen LogP contribution >= 0.6 is 12.4 Å². The SMILES string of the molecule is CN1CCNCC1C(N)=O.Cl. The minimum atomic E-state index is -0.241. The van der Waals surface area contributed by atoms with E-state index in [4.69, 9.17) is 5.73 Å². The van der Waals surface area contributed by atoms with E-state index in [0.29, 0.717) is 6.54 Å². The average molecular weight is 180 g/mol. The predicted molar refractivity (Wildman–Crippen MR) is 45.7 cm³/mol. The summed E-state index contributed by atoms with van der Waals surface area (Å²) < 4.78 is 0. The van der Waals surface area contributed by atoms with Crippen LogP contribution < -0.4 is 11.1 Å². The lowest BCUT2D eigenvalue weighted by Gasteiger charge is -2.30. The van der Waals surface area contributed by atoms with E-state index in [1.807, 2.05) is 11.9 Å². The van der Waals surface area contributed by atoms with E-state index in [2.05, 4.69) is 5.32 Å². The van der Waals surface area contributed by atoms with Crippen LogP contribution in [0.1, 0.15) is 0 Å². The van der Waals surface area contributed by atoms with Gasteiger partial charge in [-0.15, -0.1) is 12.4 Å². The van der Waals surface area contributed by atoms with Crippen molar-refractivity contribution in [2.75, 3.05) is 26.7 Å². The maximum atomic E-state index is 10.7. The van der Waals surface area contributed by atoms with E-state index in [1.165, 1.54) is 0 Å². The topological polar surface area (TPSA) is 58.4 Å². The van der Waals surface area contributed by atoms with Crippen molar-refractivity contribution in [2.45, 2.75) is 6.04 Å². The highest BCUT2D eigenvalue weighted by molar-refractivity contribution is 5.85. The molecular weight excluding hydrogens is 166 g/mol.